The van der Waals surface area contributed by atoms with E-state index >= 15 is 0 Å². The summed E-state index contributed by atoms with van der Waals surface area (Å²) in [7, 11) is 0. The van der Waals surface area contributed by atoms with Crippen LogP contribution in [0, 0.1) is 0 Å². The molecule has 0 fully saturated rings. The minimum Gasteiger partial charge on any atom is -0.397 e. The van der Waals surface area contributed by atoms with Crippen molar-refractivity contribution < 1.29 is 4.79 Å². The minimum atomic E-state index is -0.291. The summed E-state index contributed by atoms with van der Waals surface area (Å²) in [5, 5.41) is 3.87. The molecular formula is C16H14N4O. The molecule has 0 aliphatic heterocycles. The summed E-state index contributed by atoms with van der Waals surface area (Å²) < 4.78 is 0. The van der Waals surface area contributed by atoms with Crippen molar-refractivity contribution in [2.75, 3.05) is 5.73 Å². The van der Waals surface area contributed by atoms with Gasteiger partial charge < -0.3 is 11.1 Å². The summed E-state index contributed by atoms with van der Waals surface area (Å²) in [4.78, 5) is 20.5. The summed E-state index contributed by atoms with van der Waals surface area (Å²) >= 11 is 0. The van der Waals surface area contributed by atoms with Crippen molar-refractivity contribution in [2.24, 2.45) is 0 Å². The molecule has 104 valence electrons. The largest absolute Gasteiger partial charge is 0.397 e. The van der Waals surface area contributed by atoms with Crippen molar-refractivity contribution in [3.63, 3.8) is 0 Å². The number of hydrogen-bond donors (Lipinski definition) is 2. The van der Waals surface area contributed by atoms with E-state index < -0.39 is 0 Å². The fourth-order valence-corrected chi connectivity index (χ4v) is 2.18. The number of fused-ring (bicyclic) bond motifs is 1. The number of nitrogens with one attached hydrogen (secondary N) is 1. The van der Waals surface area contributed by atoms with Crippen LogP contribution in [0.15, 0.2) is 54.9 Å². The van der Waals surface area contributed by atoms with Crippen molar-refractivity contribution in [2.45, 2.75) is 6.54 Å². The molecule has 1 aromatic carbocycles. The van der Waals surface area contributed by atoms with Crippen molar-refractivity contribution in [3.8, 4) is 0 Å². The molecule has 2 aromatic heterocycles. The molecule has 3 N–H and O–H groups in total. The van der Waals surface area contributed by atoms with Crippen molar-refractivity contribution in [1.29, 1.82) is 0 Å². The Morgan fingerprint density at radius 1 is 1.05 bits per heavy atom. The molecule has 0 saturated carbocycles. The molecule has 1 amide bonds. The van der Waals surface area contributed by atoms with Crippen molar-refractivity contribution in [1.82, 2.24) is 15.3 Å². The third-order valence-corrected chi connectivity index (χ3v) is 3.21. The molecule has 0 radical (unpaired) electrons. The van der Waals surface area contributed by atoms with Gasteiger partial charge in [-0.15, -0.1) is 0 Å². The molecule has 0 aliphatic carbocycles. The zero-order valence-corrected chi connectivity index (χ0v) is 11.3. The summed E-state index contributed by atoms with van der Waals surface area (Å²) in [6.45, 7) is 0.378. The Bertz CT molecular complexity index is 796. The van der Waals surface area contributed by atoms with Gasteiger partial charge in [-0.1, -0.05) is 24.3 Å². The first-order valence-electron chi connectivity index (χ1n) is 6.57. The van der Waals surface area contributed by atoms with Gasteiger partial charge in [0.1, 0.15) is 0 Å². The van der Waals surface area contributed by atoms with Gasteiger partial charge in [-0.2, -0.15) is 0 Å². The lowest BCUT2D eigenvalue weighted by Gasteiger charge is -2.08. The second-order valence-electron chi connectivity index (χ2n) is 4.62. The Labute approximate surface area is 121 Å². The van der Waals surface area contributed by atoms with Gasteiger partial charge in [0, 0.05) is 24.3 Å². The van der Waals surface area contributed by atoms with E-state index in [1.165, 1.54) is 0 Å². The van der Waals surface area contributed by atoms with Gasteiger partial charge in [0.25, 0.3) is 5.91 Å². The third-order valence-electron chi connectivity index (χ3n) is 3.21. The van der Waals surface area contributed by atoms with E-state index in [-0.39, 0.29) is 11.6 Å². The molecule has 0 atom stereocenters. The lowest BCUT2D eigenvalue weighted by atomic mass is 10.1. The molecule has 0 unspecified atom stereocenters. The Morgan fingerprint density at radius 2 is 1.81 bits per heavy atom. The lowest BCUT2D eigenvalue weighted by molar-refractivity contribution is 0.0947. The van der Waals surface area contributed by atoms with Crippen LogP contribution >= 0.6 is 0 Å². The Kier molecular flexibility index (Phi) is 3.47. The van der Waals surface area contributed by atoms with Gasteiger partial charge >= 0.3 is 0 Å². The third kappa shape index (κ3) is 2.67. The SMILES string of the molecule is Nc1cccnc1C(=O)NCc1cccc2cccnc12. The van der Waals surface area contributed by atoms with Gasteiger partial charge in [0.05, 0.1) is 11.2 Å². The van der Waals surface area contributed by atoms with E-state index in [0.717, 1.165) is 16.5 Å². The van der Waals surface area contributed by atoms with E-state index in [1.807, 2.05) is 30.3 Å². The highest BCUT2D eigenvalue weighted by molar-refractivity contribution is 5.97. The molecular weight excluding hydrogens is 264 g/mol. The standard InChI is InChI=1S/C16H14N4O/c17-13-7-3-9-19-15(13)16(21)20-10-12-5-1-4-11-6-2-8-18-14(11)12/h1-9H,10,17H2,(H,20,21). The summed E-state index contributed by atoms with van der Waals surface area (Å²) in [6.07, 6.45) is 3.29. The van der Waals surface area contributed by atoms with E-state index in [4.69, 9.17) is 5.73 Å². The maximum atomic E-state index is 12.1. The Balaban J connectivity index is 1.81. The van der Waals surface area contributed by atoms with Crippen LogP contribution in [0.5, 0.6) is 0 Å². The number of amides is 1. The minimum absolute atomic E-state index is 0.241. The molecule has 0 spiro atoms. The fraction of sp³-hybridized carbons (Fsp3) is 0.0625. The highest BCUT2D eigenvalue weighted by Gasteiger charge is 2.11. The first-order valence-corrected chi connectivity index (χ1v) is 6.57. The number of carbonyl (C=O) groups is 1. The quantitative estimate of drug-likeness (QED) is 0.769. The fourth-order valence-electron chi connectivity index (χ4n) is 2.18. The summed E-state index contributed by atoms with van der Waals surface area (Å²) in [5.74, 6) is -0.291. The van der Waals surface area contributed by atoms with Gasteiger partial charge in [-0.05, 0) is 23.8 Å². The predicted molar refractivity (Wildman–Crippen MR) is 81.6 cm³/mol. The first kappa shape index (κ1) is 13.1. The average molecular weight is 278 g/mol. The zero-order chi connectivity index (χ0) is 14.7. The van der Waals surface area contributed by atoms with E-state index in [2.05, 4.69) is 15.3 Å². The van der Waals surface area contributed by atoms with Crippen LogP contribution in [-0.2, 0) is 6.54 Å². The van der Waals surface area contributed by atoms with Crippen LogP contribution < -0.4 is 11.1 Å². The number of para-hydroxylation sites is 1. The van der Waals surface area contributed by atoms with Crippen LogP contribution in [-0.4, -0.2) is 15.9 Å². The number of nitrogen functional groups attached to an aromatic ring is 1. The van der Waals surface area contributed by atoms with Gasteiger partial charge in [0.2, 0.25) is 0 Å². The predicted octanol–water partition coefficient (Wildman–Crippen LogP) is 2.14. The monoisotopic (exact) mass is 278 g/mol. The molecule has 3 rings (SSSR count). The van der Waals surface area contributed by atoms with Crippen LogP contribution in [0.25, 0.3) is 10.9 Å². The van der Waals surface area contributed by atoms with Crippen LogP contribution in [0.3, 0.4) is 0 Å². The molecule has 0 bridgehead atoms. The molecule has 0 saturated heterocycles. The summed E-state index contributed by atoms with van der Waals surface area (Å²) in [6, 6.07) is 13.1. The van der Waals surface area contributed by atoms with Crippen LogP contribution in [0.4, 0.5) is 5.69 Å². The van der Waals surface area contributed by atoms with Crippen LogP contribution in [0.2, 0.25) is 0 Å². The number of nitrogens with two attached hydrogens (primary N) is 1. The van der Waals surface area contributed by atoms with Gasteiger partial charge in [-0.3, -0.25) is 9.78 Å². The number of aromatic nitrogens is 2. The number of hydrogen-bond acceptors (Lipinski definition) is 4. The van der Waals surface area contributed by atoms with E-state index in [1.54, 1.807) is 24.5 Å². The number of nitrogens with zero attached hydrogens (tertiary/aromatic N) is 2. The number of benzene rings is 1. The molecule has 5 nitrogen and oxygen atoms in total. The Hall–Kier alpha value is -2.95. The molecule has 21 heavy (non-hydrogen) atoms. The Morgan fingerprint density at radius 3 is 2.67 bits per heavy atom. The molecule has 0 aliphatic rings. The van der Waals surface area contributed by atoms with E-state index in [0.29, 0.717) is 12.2 Å². The maximum Gasteiger partial charge on any atom is 0.272 e. The van der Waals surface area contributed by atoms with Crippen LogP contribution in [0.1, 0.15) is 16.1 Å². The number of anilines is 1. The topological polar surface area (TPSA) is 80.9 Å². The maximum absolute atomic E-state index is 12.1. The average Bonchev–Trinajstić information content (AvgIpc) is 2.53. The van der Waals surface area contributed by atoms with Gasteiger partial charge in [-0.25, -0.2) is 4.98 Å². The lowest BCUT2D eigenvalue weighted by Crippen LogP contribution is -2.25. The van der Waals surface area contributed by atoms with E-state index in [9.17, 15) is 4.79 Å². The zero-order valence-electron chi connectivity index (χ0n) is 11.3. The number of rotatable bonds is 3. The molecule has 2 heterocycles. The molecule has 3 aromatic rings. The summed E-state index contributed by atoms with van der Waals surface area (Å²) in [5.41, 5.74) is 8.19. The second-order valence-corrected chi connectivity index (χ2v) is 4.62. The van der Waals surface area contributed by atoms with Gasteiger partial charge in [0.15, 0.2) is 5.69 Å². The number of carbonyl (C=O) groups excluding carboxylic acids is 1. The highest BCUT2D eigenvalue weighted by Crippen LogP contribution is 2.16. The normalized spacial score (nSPS) is 10.5. The first-order chi connectivity index (χ1) is 10.3. The van der Waals surface area contributed by atoms with Crippen molar-refractivity contribution >= 4 is 22.5 Å². The second kappa shape index (κ2) is 5.58. The van der Waals surface area contributed by atoms with Crippen molar-refractivity contribution in [3.05, 3.63) is 66.1 Å². The number of pyridine rings is 2. The molecule has 5 heteroatoms. The smallest absolute Gasteiger partial charge is 0.272 e. The highest BCUT2D eigenvalue weighted by atomic mass is 16.1.